The zero-order valence-electron chi connectivity index (χ0n) is 12.3. The first kappa shape index (κ1) is 14.5. The normalized spacial score (nSPS) is 17.5. The summed E-state index contributed by atoms with van der Waals surface area (Å²) in [6.07, 6.45) is 1.16. The van der Waals surface area contributed by atoms with E-state index < -0.39 is 0 Å². The molecule has 0 aliphatic carbocycles. The summed E-state index contributed by atoms with van der Waals surface area (Å²) in [6, 6.07) is 9.28. The summed E-state index contributed by atoms with van der Waals surface area (Å²) in [7, 11) is 0. The van der Waals surface area contributed by atoms with Gasteiger partial charge in [0.05, 0.1) is 0 Å². The largest absolute Gasteiger partial charge is 0.329 e. The lowest BCUT2D eigenvalue weighted by Crippen LogP contribution is -2.49. The first-order valence-corrected chi connectivity index (χ1v) is 7.51. The third-order valence-electron chi connectivity index (χ3n) is 4.31. The molecule has 0 saturated carbocycles. The molecule has 1 aromatic carbocycles. The number of hydrogen-bond donors (Lipinski definition) is 1. The van der Waals surface area contributed by atoms with Gasteiger partial charge in [-0.2, -0.15) is 0 Å². The highest BCUT2D eigenvalue weighted by Gasteiger charge is 2.23. The standard InChI is InChI=1S/C16H27N3/c1-3-18(4-2)13-16(11-17)19-10-9-14-7-5-6-8-15(14)12-19/h5-8,16H,3-4,9-13,17H2,1-2H3. The van der Waals surface area contributed by atoms with Crippen molar-refractivity contribution in [1.82, 2.24) is 9.80 Å². The van der Waals surface area contributed by atoms with E-state index in [1.54, 1.807) is 0 Å². The lowest BCUT2D eigenvalue weighted by atomic mass is 9.98. The zero-order valence-corrected chi connectivity index (χ0v) is 12.3. The predicted octanol–water partition coefficient (Wildman–Crippen LogP) is 1.71. The van der Waals surface area contributed by atoms with Crippen LogP contribution in [0.25, 0.3) is 0 Å². The molecule has 106 valence electrons. The van der Waals surface area contributed by atoms with Gasteiger partial charge in [-0.05, 0) is 30.6 Å². The molecule has 1 aliphatic heterocycles. The van der Waals surface area contributed by atoms with Gasteiger partial charge in [-0.1, -0.05) is 38.1 Å². The van der Waals surface area contributed by atoms with Gasteiger partial charge in [0, 0.05) is 32.2 Å². The van der Waals surface area contributed by atoms with E-state index in [9.17, 15) is 0 Å². The van der Waals surface area contributed by atoms with Crippen molar-refractivity contribution in [2.24, 2.45) is 5.73 Å². The number of nitrogens with zero attached hydrogens (tertiary/aromatic N) is 2. The highest BCUT2D eigenvalue weighted by molar-refractivity contribution is 5.29. The van der Waals surface area contributed by atoms with Gasteiger partial charge in [0.15, 0.2) is 0 Å². The Labute approximate surface area is 117 Å². The molecule has 2 N–H and O–H groups in total. The fourth-order valence-corrected chi connectivity index (χ4v) is 2.95. The Kier molecular flexibility index (Phi) is 5.37. The van der Waals surface area contributed by atoms with Crippen LogP contribution in [0.3, 0.4) is 0 Å². The van der Waals surface area contributed by atoms with Crippen LogP contribution in [0.2, 0.25) is 0 Å². The van der Waals surface area contributed by atoms with Crippen LogP contribution >= 0.6 is 0 Å². The predicted molar refractivity (Wildman–Crippen MR) is 81.2 cm³/mol. The van der Waals surface area contributed by atoms with Crippen molar-refractivity contribution in [3.63, 3.8) is 0 Å². The molecule has 0 aromatic heterocycles. The van der Waals surface area contributed by atoms with Crippen molar-refractivity contribution in [1.29, 1.82) is 0 Å². The second kappa shape index (κ2) is 7.04. The van der Waals surface area contributed by atoms with Gasteiger partial charge in [0.1, 0.15) is 0 Å². The Bertz CT molecular complexity index is 387. The van der Waals surface area contributed by atoms with Gasteiger partial charge >= 0.3 is 0 Å². The Hall–Kier alpha value is -0.900. The molecule has 0 fully saturated rings. The lowest BCUT2D eigenvalue weighted by Gasteiger charge is -2.37. The Morgan fingerprint density at radius 3 is 2.53 bits per heavy atom. The number of fused-ring (bicyclic) bond motifs is 1. The summed E-state index contributed by atoms with van der Waals surface area (Å²) in [5.41, 5.74) is 9.00. The monoisotopic (exact) mass is 261 g/mol. The summed E-state index contributed by atoms with van der Waals surface area (Å²) < 4.78 is 0. The first-order chi connectivity index (χ1) is 9.28. The summed E-state index contributed by atoms with van der Waals surface area (Å²) in [6.45, 7) is 10.7. The molecule has 0 saturated heterocycles. The van der Waals surface area contributed by atoms with Gasteiger partial charge in [0.25, 0.3) is 0 Å². The summed E-state index contributed by atoms with van der Waals surface area (Å²) in [5.74, 6) is 0. The van der Waals surface area contributed by atoms with Crippen molar-refractivity contribution in [3.8, 4) is 0 Å². The second-order valence-electron chi connectivity index (χ2n) is 5.36. The molecular formula is C16H27N3. The maximum atomic E-state index is 6.01. The minimum Gasteiger partial charge on any atom is -0.329 e. The summed E-state index contributed by atoms with van der Waals surface area (Å²) >= 11 is 0. The summed E-state index contributed by atoms with van der Waals surface area (Å²) in [5, 5.41) is 0. The molecule has 1 unspecified atom stereocenters. The van der Waals surface area contributed by atoms with Gasteiger partial charge in [-0.15, -0.1) is 0 Å². The van der Waals surface area contributed by atoms with E-state index in [1.807, 2.05) is 0 Å². The molecular weight excluding hydrogens is 234 g/mol. The molecule has 0 amide bonds. The van der Waals surface area contributed by atoms with Crippen molar-refractivity contribution in [2.75, 3.05) is 32.7 Å². The quantitative estimate of drug-likeness (QED) is 0.846. The number of benzene rings is 1. The van der Waals surface area contributed by atoms with Gasteiger partial charge in [-0.25, -0.2) is 0 Å². The van der Waals surface area contributed by atoms with Crippen LogP contribution in [0, 0.1) is 0 Å². The molecule has 2 rings (SSSR count). The number of hydrogen-bond acceptors (Lipinski definition) is 3. The molecule has 19 heavy (non-hydrogen) atoms. The van der Waals surface area contributed by atoms with E-state index in [4.69, 9.17) is 5.73 Å². The molecule has 3 nitrogen and oxygen atoms in total. The van der Waals surface area contributed by atoms with Gasteiger partial charge in [0.2, 0.25) is 0 Å². The van der Waals surface area contributed by atoms with Crippen LogP contribution < -0.4 is 5.73 Å². The van der Waals surface area contributed by atoms with Crippen molar-refractivity contribution >= 4 is 0 Å². The van der Waals surface area contributed by atoms with Crippen LogP contribution in [-0.2, 0) is 13.0 Å². The van der Waals surface area contributed by atoms with E-state index in [-0.39, 0.29) is 0 Å². The molecule has 1 atom stereocenters. The molecule has 3 heteroatoms. The molecule has 0 bridgehead atoms. The fourth-order valence-electron chi connectivity index (χ4n) is 2.95. The van der Waals surface area contributed by atoms with Crippen LogP contribution in [0.5, 0.6) is 0 Å². The third kappa shape index (κ3) is 3.56. The fraction of sp³-hybridized carbons (Fsp3) is 0.625. The molecule has 1 aromatic rings. The van der Waals surface area contributed by atoms with Crippen LogP contribution in [0.4, 0.5) is 0 Å². The van der Waals surface area contributed by atoms with E-state index in [0.717, 1.165) is 45.7 Å². The molecule has 1 heterocycles. The Balaban J connectivity index is 2.01. The van der Waals surface area contributed by atoms with Crippen molar-refractivity contribution in [2.45, 2.75) is 32.9 Å². The molecule has 0 spiro atoms. The smallest absolute Gasteiger partial charge is 0.0349 e. The molecule has 1 aliphatic rings. The van der Waals surface area contributed by atoms with Crippen LogP contribution in [-0.4, -0.2) is 48.6 Å². The Morgan fingerprint density at radius 1 is 1.21 bits per heavy atom. The van der Waals surface area contributed by atoms with Crippen molar-refractivity contribution < 1.29 is 0 Å². The number of rotatable bonds is 6. The zero-order chi connectivity index (χ0) is 13.7. The minimum absolute atomic E-state index is 0.480. The van der Waals surface area contributed by atoms with Crippen LogP contribution in [0.1, 0.15) is 25.0 Å². The maximum Gasteiger partial charge on any atom is 0.0349 e. The van der Waals surface area contributed by atoms with E-state index >= 15 is 0 Å². The Morgan fingerprint density at radius 2 is 1.89 bits per heavy atom. The van der Waals surface area contributed by atoms with Crippen LogP contribution in [0.15, 0.2) is 24.3 Å². The van der Waals surface area contributed by atoms with E-state index in [1.165, 1.54) is 11.1 Å². The first-order valence-electron chi connectivity index (χ1n) is 7.51. The number of nitrogens with two attached hydrogens (primary N) is 1. The lowest BCUT2D eigenvalue weighted by molar-refractivity contribution is 0.135. The highest BCUT2D eigenvalue weighted by atomic mass is 15.2. The number of likely N-dealkylation sites (N-methyl/N-ethyl adjacent to an activating group) is 1. The average molecular weight is 261 g/mol. The highest BCUT2D eigenvalue weighted by Crippen LogP contribution is 2.20. The maximum absolute atomic E-state index is 6.01. The van der Waals surface area contributed by atoms with Gasteiger partial charge < -0.3 is 10.6 Å². The van der Waals surface area contributed by atoms with Gasteiger partial charge in [-0.3, -0.25) is 4.90 Å². The third-order valence-corrected chi connectivity index (χ3v) is 4.31. The minimum atomic E-state index is 0.480. The SMILES string of the molecule is CCN(CC)CC(CN)N1CCc2ccccc2C1. The average Bonchev–Trinajstić information content (AvgIpc) is 2.48. The van der Waals surface area contributed by atoms with E-state index in [0.29, 0.717) is 6.04 Å². The molecule has 0 radical (unpaired) electrons. The van der Waals surface area contributed by atoms with E-state index in [2.05, 4.69) is 47.9 Å². The second-order valence-corrected chi connectivity index (χ2v) is 5.36. The topological polar surface area (TPSA) is 32.5 Å². The van der Waals surface area contributed by atoms with Crippen molar-refractivity contribution in [3.05, 3.63) is 35.4 Å². The summed E-state index contributed by atoms with van der Waals surface area (Å²) in [4.78, 5) is 5.03.